The fraction of sp³-hybridized carbons (Fsp3) is 0.500. The van der Waals surface area contributed by atoms with Crippen molar-refractivity contribution in [1.82, 2.24) is 10.2 Å². The molecule has 3 atom stereocenters. The minimum Gasteiger partial charge on any atom is -0.451 e. The Balaban J connectivity index is 1.60. The predicted octanol–water partition coefficient (Wildman–Crippen LogP) is 2.34. The molecule has 2 N–H and O–H groups in total. The molecule has 1 saturated heterocycles. The van der Waals surface area contributed by atoms with Gasteiger partial charge in [0.2, 0.25) is 0 Å². The van der Waals surface area contributed by atoms with Gasteiger partial charge in [0.15, 0.2) is 6.10 Å². The lowest BCUT2D eigenvalue weighted by Gasteiger charge is -2.36. The number of hydrogen-bond donors (Lipinski definition) is 2. The monoisotopic (exact) mass is 423 g/mol. The Morgan fingerprint density at radius 3 is 2.60 bits per heavy atom. The van der Waals surface area contributed by atoms with Crippen LogP contribution in [0.4, 0.5) is 19.3 Å². The van der Waals surface area contributed by atoms with Crippen molar-refractivity contribution in [3.63, 3.8) is 0 Å². The highest BCUT2D eigenvalue weighted by Crippen LogP contribution is 2.38. The highest BCUT2D eigenvalue weighted by Gasteiger charge is 2.55. The molecule has 1 aliphatic heterocycles. The number of urea groups is 1. The normalized spacial score (nSPS) is 24.5. The molecular formula is C20H23F2N3O5. The van der Waals surface area contributed by atoms with Crippen LogP contribution in [-0.4, -0.2) is 46.9 Å². The molecule has 4 amide bonds. The first-order chi connectivity index (χ1) is 14.2. The van der Waals surface area contributed by atoms with Crippen molar-refractivity contribution in [1.29, 1.82) is 0 Å². The standard InChI is InChI=1S/C20H23F2N3O5/c1-11-6-3-4-9-20(11)18(28)25(19(29)24-20)10-15(26)30-12(2)17(27)23-16-13(21)7-5-8-14(16)22/h5,7-8,11-12H,3-4,6,9-10H2,1-2H3,(H,23,27)(H,24,29). The van der Waals surface area contributed by atoms with E-state index in [2.05, 4.69) is 5.32 Å². The molecule has 2 aliphatic rings. The van der Waals surface area contributed by atoms with Crippen LogP contribution in [0.15, 0.2) is 18.2 Å². The number of para-hydroxylation sites is 1. The lowest BCUT2D eigenvalue weighted by Crippen LogP contribution is -2.54. The number of esters is 1. The first-order valence-electron chi connectivity index (χ1n) is 9.74. The number of imide groups is 1. The lowest BCUT2D eigenvalue weighted by atomic mass is 9.73. The van der Waals surface area contributed by atoms with Crippen molar-refractivity contribution < 1.29 is 32.7 Å². The highest BCUT2D eigenvalue weighted by molar-refractivity contribution is 6.09. The number of amides is 4. The fourth-order valence-electron chi connectivity index (χ4n) is 3.90. The Bertz CT molecular complexity index is 873. The molecule has 1 aromatic carbocycles. The zero-order valence-electron chi connectivity index (χ0n) is 16.7. The van der Waals surface area contributed by atoms with Crippen LogP contribution >= 0.6 is 0 Å². The second-order valence-corrected chi connectivity index (χ2v) is 7.66. The molecule has 10 heteroatoms. The maximum Gasteiger partial charge on any atom is 0.327 e. The number of hydrogen-bond acceptors (Lipinski definition) is 5. The average molecular weight is 423 g/mol. The van der Waals surface area contributed by atoms with Gasteiger partial charge in [-0.2, -0.15) is 0 Å². The zero-order valence-corrected chi connectivity index (χ0v) is 16.7. The SMILES string of the molecule is CC(OC(=O)CN1C(=O)NC2(CCCCC2C)C1=O)C(=O)Nc1c(F)cccc1F. The summed E-state index contributed by atoms with van der Waals surface area (Å²) in [6.07, 6.45) is 1.63. The van der Waals surface area contributed by atoms with Gasteiger partial charge >= 0.3 is 12.0 Å². The van der Waals surface area contributed by atoms with Crippen molar-refractivity contribution >= 4 is 29.5 Å². The molecule has 30 heavy (non-hydrogen) atoms. The maximum absolute atomic E-state index is 13.6. The maximum atomic E-state index is 13.6. The van der Waals surface area contributed by atoms with Gasteiger partial charge in [0.1, 0.15) is 29.4 Å². The van der Waals surface area contributed by atoms with E-state index in [0.29, 0.717) is 6.42 Å². The number of halogens is 2. The van der Waals surface area contributed by atoms with Crippen molar-refractivity contribution in [2.75, 3.05) is 11.9 Å². The number of ether oxygens (including phenoxy) is 1. The van der Waals surface area contributed by atoms with Crippen LogP contribution in [0.2, 0.25) is 0 Å². The summed E-state index contributed by atoms with van der Waals surface area (Å²) in [5.74, 6) is -4.45. The van der Waals surface area contributed by atoms with Crippen LogP contribution in [0.5, 0.6) is 0 Å². The third kappa shape index (κ3) is 3.99. The summed E-state index contributed by atoms with van der Waals surface area (Å²) in [6.45, 7) is 2.43. The number of carbonyl (C=O) groups is 4. The van der Waals surface area contributed by atoms with Crippen molar-refractivity contribution in [3.05, 3.63) is 29.8 Å². The number of anilines is 1. The summed E-state index contributed by atoms with van der Waals surface area (Å²) in [4.78, 5) is 50.3. The second kappa shape index (κ2) is 8.37. The van der Waals surface area contributed by atoms with E-state index in [1.807, 2.05) is 12.2 Å². The summed E-state index contributed by atoms with van der Waals surface area (Å²) in [7, 11) is 0. The first-order valence-corrected chi connectivity index (χ1v) is 9.74. The van der Waals surface area contributed by atoms with Crippen LogP contribution in [0.25, 0.3) is 0 Å². The Labute approximate surface area is 171 Å². The molecule has 1 aromatic rings. The van der Waals surface area contributed by atoms with Crippen LogP contribution < -0.4 is 10.6 Å². The van der Waals surface area contributed by atoms with Crippen molar-refractivity contribution in [3.8, 4) is 0 Å². The van der Waals surface area contributed by atoms with Gasteiger partial charge in [-0.3, -0.25) is 19.3 Å². The van der Waals surface area contributed by atoms with Gasteiger partial charge < -0.3 is 15.4 Å². The molecule has 3 unspecified atom stereocenters. The third-order valence-corrected chi connectivity index (χ3v) is 5.68. The number of benzene rings is 1. The minimum atomic E-state index is -1.40. The summed E-state index contributed by atoms with van der Waals surface area (Å²) >= 11 is 0. The van der Waals surface area contributed by atoms with Crippen molar-refractivity contribution in [2.24, 2.45) is 5.92 Å². The smallest absolute Gasteiger partial charge is 0.327 e. The molecule has 0 radical (unpaired) electrons. The van der Waals surface area contributed by atoms with Gasteiger partial charge in [0.25, 0.3) is 11.8 Å². The van der Waals surface area contributed by atoms with E-state index in [1.165, 1.54) is 6.92 Å². The van der Waals surface area contributed by atoms with E-state index in [9.17, 15) is 28.0 Å². The number of carbonyl (C=O) groups excluding carboxylic acids is 4. The number of nitrogens with one attached hydrogen (secondary N) is 2. The van der Waals surface area contributed by atoms with E-state index >= 15 is 0 Å². The molecule has 1 spiro atoms. The molecule has 2 fully saturated rings. The number of rotatable bonds is 5. The Morgan fingerprint density at radius 1 is 1.30 bits per heavy atom. The summed E-state index contributed by atoms with van der Waals surface area (Å²) in [6, 6.07) is 2.39. The average Bonchev–Trinajstić information content (AvgIpc) is 2.92. The van der Waals surface area contributed by atoms with Crippen LogP contribution in [0, 0.1) is 17.6 Å². The van der Waals surface area contributed by atoms with Gasteiger partial charge in [0, 0.05) is 0 Å². The molecule has 0 aromatic heterocycles. The van der Waals surface area contributed by atoms with Crippen LogP contribution in [-0.2, 0) is 19.1 Å². The molecule has 162 valence electrons. The largest absolute Gasteiger partial charge is 0.451 e. The lowest BCUT2D eigenvalue weighted by molar-refractivity contribution is -0.155. The predicted molar refractivity (Wildman–Crippen MR) is 101 cm³/mol. The molecular weight excluding hydrogens is 400 g/mol. The summed E-state index contributed by atoms with van der Waals surface area (Å²) < 4.78 is 32.3. The first kappa shape index (κ1) is 21.7. The van der Waals surface area contributed by atoms with E-state index < -0.39 is 59.3 Å². The Kier molecular flexibility index (Phi) is 6.04. The summed E-state index contributed by atoms with van der Waals surface area (Å²) in [5.41, 5.74) is -1.67. The summed E-state index contributed by atoms with van der Waals surface area (Å²) in [5, 5.41) is 4.73. The van der Waals surface area contributed by atoms with Crippen LogP contribution in [0.3, 0.4) is 0 Å². The molecule has 1 saturated carbocycles. The van der Waals surface area contributed by atoms with E-state index in [1.54, 1.807) is 0 Å². The fourth-order valence-corrected chi connectivity index (χ4v) is 3.90. The Morgan fingerprint density at radius 2 is 1.97 bits per heavy atom. The number of nitrogens with zero attached hydrogens (tertiary/aromatic N) is 1. The van der Waals surface area contributed by atoms with Gasteiger partial charge in [0.05, 0.1) is 0 Å². The molecule has 8 nitrogen and oxygen atoms in total. The molecule has 1 aliphatic carbocycles. The minimum absolute atomic E-state index is 0.0657. The Hall–Kier alpha value is -3.04. The topological polar surface area (TPSA) is 105 Å². The van der Waals surface area contributed by atoms with E-state index in [0.717, 1.165) is 42.4 Å². The van der Waals surface area contributed by atoms with Crippen LogP contribution in [0.1, 0.15) is 39.5 Å². The van der Waals surface area contributed by atoms with Crippen molar-refractivity contribution in [2.45, 2.75) is 51.2 Å². The highest BCUT2D eigenvalue weighted by atomic mass is 19.1. The zero-order chi connectivity index (χ0) is 22.1. The van der Waals surface area contributed by atoms with Gasteiger partial charge in [-0.1, -0.05) is 25.8 Å². The quantitative estimate of drug-likeness (QED) is 0.559. The third-order valence-electron chi connectivity index (χ3n) is 5.68. The second-order valence-electron chi connectivity index (χ2n) is 7.66. The molecule has 0 bridgehead atoms. The van der Waals surface area contributed by atoms with Gasteiger partial charge in [-0.15, -0.1) is 0 Å². The van der Waals surface area contributed by atoms with E-state index in [4.69, 9.17) is 4.74 Å². The van der Waals surface area contributed by atoms with E-state index in [-0.39, 0.29) is 5.92 Å². The van der Waals surface area contributed by atoms with Gasteiger partial charge in [-0.05, 0) is 37.8 Å². The molecule has 3 rings (SSSR count). The van der Waals surface area contributed by atoms with Gasteiger partial charge in [-0.25, -0.2) is 13.6 Å². The molecule has 1 heterocycles.